The second-order valence-electron chi connectivity index (χ2n) is 7.61. The summed E-state index contributed by atoms with van der Waals surface area (Å²) in [7, 11) is -1.78. The van der Waals surface area contributed by atoms with E-state index in [1.807, 2.05) is 13.0 Å². The van der Waals surface area contributed by atoms with Crippen molar-refractivity contribution in [1.29, 1.82) is 5.26 Å². The molecule has 2 nitrogen and oxygen atoms in total. The van der Waals surface area contributed by atoms with E-state index in [0.717, 1.165) is 5.76 Å². The van der Waals surface area contributed by atoms with E-state index < -0.39 is 8.32 Å². The molecule has 0 aromatic carbocycles. The van der Waals surface area contributed by atoms with Crippen LogP contribution in [-0.2, 0) is 4.43 Å². The predicted octanol–water partition coefficient (Wildman–Crippen LogP) is 5.10. The maximum atomic E-state index is 9.23. The van der Waals surface area contributed by atoms with Crippen molar-refractivity contribution in [3.8, 4) is 6.07 Å². The van der Waals surface area contributed by atoms with Gasteiger partial charge in [-0.1, -0.05) is 41.5 Å². The van der Waals surface area contributed by atoms with E-state index in [4.69, 9.17) is 4.43 Å². The quantitative estimate of drug-likeness (QED) is 0.526. The van der Waals surface area contributed by atoms with Crippen LogP contribution in [0.5, 0.6) is 0 Å². The first-order valence-corrected chi connectivity index (χ1v) is 9.49. The maximum Gasteiger partial charge on any atom is 0.250 e. The first-order chi connectivity index (χ1) is 7.81. The lowest BCUT2D eigenvalue weighted by molar-refractivity contribution is 0.330. The summed E-state index contributed by atoms with van der Waals surface area (Å²) >= 11 is 0. The Hall–Kier alpha value is -0.753. The topological polar surface area (TPSA) is 33.0 Å². The van der Waals surface area contributed by atoms with Crippen molar-refractivity contribution in [2.45, 2.75) is 66.6 Å². The summed E-state index contributed by atoms with van der Waals surface area (Å²) in [6.07, 6.45) is 1.97. The third kappa shape index (κ3) is 4.86. The minimum absolute atomic E-state index is 0.0488. The molecule has 0 aromatic rings. The van der Waals surface area contributed by atoms with Crippen LogP contribution in [-0.4, -0.2) is 8.32 Å². The molecule has 3 heteroatoms. The molecule has 0 heterocycles. The van der Waals surface area contributed by atoms with Gasteiger partial charge < -0.3 is 4.43 Å². The molecule has 104 valence electrons. The van der Waals surface area contributed by atoms with Crippen molar-refractivity contribution in [2.75, 3.05) is 0 Å². The first-order valence-electron chi connectivity index (χ1n) is 6.58. The lowest BCUT2D eigenvalue weighted by atomic mass is 9.81. The molecule has 0 saturated carbocycles. The molecule has 18 heavy (non-hydrogen) atoms. The molecule has 0 spiro atoms. The van der Waals surface area contributed by atoms with Gasteiger partial charge in [-0.3, -0.25) is 0 Å². The van der Waals surface area contributed by atoms with Crippen molar-refractivity contribution < 1.29 is 4.43 Å². The Kier molecular flexibility index (Phi) is 5.25. The zero-order chi connectivity index (χ0) is 14.8. The molecule has 0 aliphatic heterocycles. The minimum Gasteiger partial charge on any atom is -0.547 e. The summed E-state index contributed by atoms with van der Waals surface area (Å²) in [5, 5.41) is 9.42. The maximum absolute atomic E-state index is 9.23. The van der Waals surface area contributed by atoms with Gasteiger partial charge in [0.05, 0.1) is 17.7 Å². The van der Waals surface area contributed by atoms with E-state index >= 15 is 0 Å². The summed E-state index contributed by atoms with van der Waals surface area (Å²) in [6.45, 7) is 19.3. The van der Waals surface area contributed by atoms with Crippen LogP contribution in [0.25, 0.3) is 0 Å². The van der Waals surface area contributed by atoms with Gasteiger partial charge in [-0.05, 0) is 36.5 Å². The third-order valence-corrected chi connectivity index (χ3v) is 8.14. The fourth-order valence-corrected chi connectivity index (χ4v) is 2.48. The number of hydrogen-bond acceptors (Lipinski definition) is 2. The van der Waals surface area contributed by atoms with Gasteiger partial charge in [-0.2, -0.15) is 5.26 Å². The van der Waals surface area contributed by atoms with E-state index in [0.29, 0.717) is 0 Å². The van der Waals surface area contributed by atoms with Crippen LogP contribution in [0.2, 0.25) is 18.1 Å². The highest BCUT2D eigenvalue weighted by atomic mass is 28.4. The Labute approximate surface area is 114 Å². The summed E-state index contributed by atoms with van der Waals surface area (Å²) < 4.78 is 6.18. The molecule has 0 aliphatic carbocycles. The molecule has 0 aromatic heterocycles. The highest BCUT2D eigenvalue weighted by molar-refractivity contribution is 6.74. The van der Waals surface area contributed by atoms with Crippen molar-refractivity contribution >= 4 is 8.32 Å². The second-order valence-corrected chi connectivity index (χ2v) is 12.3. The molecule has 0 saturated heterocycles. The Morgan fingerprint density at radius 1 is 1.17 bits per heavy atom. The van der Waals surface area contributed by atoms with E-state index in [9.17, 15) is 5.26 Å². The first kappa shape index (κ1) is 17.2. The van der Waals surface area contributed by atoms with Gasteiger partial charge in [-0.15, -0.1) is 0 Å². The monoisotopic (exact) mass is 267 g/mol. The van der Waals surface area contributed by atoms with Crippen LogP contribution in [0.3, 0.4) is 0 Å². The molecule has 0 radical (unpaired) electrons. The summed E-state index contributed by atoms with van der Waals surface area (Å²) in [5.74, 6) is 0.783. The van der Waals surface area contributed by atoms with Crippen molar-refractivity contribution in [2.24, 2.45) is 11.3 Å². The summed E-state index contributed by atoms with van der Waals surface area (Å²) in [5.41, 5.74) is -0.0488. The second kappa shape index (κ2) is 5.48. The number of hydrogen-bond donors (Lipinski definition) is 0. The molecule has 0 amide bonds. The fraction of sp³-hybridized carbons (Fsp3) is 0.800. The Bertz CT molecular complexity index is 350. The van der Waals surface area contributed by atoms with Crippen LogP contribution < -0.4 is 0 Å². The highest BCUT2D eigenvalue weighted by Crippen LogP contribution is 2.38. The molecule has 0 bridgehead atoms. The zero-order valence-electron chi connectivity index (χ0n) is 13.5. The molecule has 0 aliphatic rings. The smallest absolute Gasteiger partial charge is 0.250 e. The Morgan fingerprint density at radius 3 is 1.89 bits per heavy atom. The summed E-state index contributed by atoms with van der Waals surface area (Å²) in [4.78, 5) is 0. The number of nitrogens with zero attached hydrogens (tertiary/aromatic N) is 1. The molecular weight excluding hydrogens is 238 g/mol. The SMILES string of the molecule is C/C(=C\C(C#N)C(C)(C)C)O[Si](C)(C)C(C)(C)C. The molecule has 0 N–H and O–H groups in total. The van der Waals surface area contributed by atoms with Gasteiger partial charge in [0.2, 0.25) is 8.32 Å². The van der Waals surface area contributed by atoms with Gasteiger partial charge >= 0.3 is 0 Å². The fourth-order valence-electron chi connectivity index (χ4n) is 1.31. The van der Waals surface area contributed by atoms with Crippen LogP contribution in [0.15, 0.2) is 11.8 Å². The van der Waals surface area contributed by atoms with E-state index in [2.05, 4.69) is 60.7 Å². The number of nitriles is 1. The average molecular weight is 267 g/mol. The Balaban J connectivity index is 4.99. The number of allylic oxidation sites excluding steroid dienone is 2. The van der Waals surface area contributed by atoms with Crippen LogP contribution in [0, 0.1) is 22.7 Å². The lowest BCUT2D eigenvalue weighted by Gasteiger charge is -2.37. The van der Waals surface area contributed by atoms with E-state index in [1.54, 1.807) is 0 Å². The average Bonchev–Trinajstić information content (AvgIpc) is 2.09. The van der Waals surface area contributed by atoms with Gasteiger partial charge in [0.15, 0.2) is 0 Å². The molecule has 0 fully saturated rings. The standard InChI is InChI=1S/C15H29NOSi/c1-12(10-13(11-16)14(2,3)4)17-18(8,9)15(5,6)7/h10,13H,1-9H3/b12-10+. The molecule has 1 unspecified atom stereocenters. The van der Waals surface area contributed by atoms with Gasteiger partial charge in [0.1, 0.15) is 0 Å². The van der Waals surface area contributed by atoms with Gasteiger partial charge in [-0.25, -0.2) is 0 Å². The van der Waals surface area contributed by atoms with E-state index in [-0.39, 0.29) is 16.4 Å². The highest BCUT2D eigenvalue weighted by Gasteiger charge is 2.39. The Morgan fingerprint density at radius 2 is 1.61 bits per heavy atom. The van der Waals surface area contributed by atoms with Crippen molar-refractivity contribution in [3.63, 3.8) is 0 Å². The minimum atomic E-state index is -1.78. The third-order valence-electron chi connectivity index (χ3n) is 3.70. The number of rotatable bonds is 3. The zero-order valence-corrected chi connectivity index (χ0v) is 14.5. The van der Waals surface area contributed by atoms with Crippen molar-refractivity contribution in [1.82, 2.24) is 0 Å². The normalized spacial score (nSPS) is 16.1. The largest absolute Gasteiger partial charge is 0.547 e. The molecular formula is C15H29NOSi. The van der Waals surface area contributed by atoms with Gasteiger partial charge in [0, 0.05) is 0 Å². The van der Waals surface area contributed by atoms with Crippen LogP contribution in [0.1, 0.15) is 48.5 Å². The predicted molar refractivity (Wildman–Crippen MR) is 80.6 cm³/mol. The van der Waals surface area contributed by atoms with Crippen molar-refractivity contribution in [3.05, 3.63) is 11.8 Å². The summed E-state index contributed by atoms with van der Waals surface area (Å²) in [6, 6.07) is 2.36. The van der Waals surface area contributed by atoms with E-state index in [1.165, 1.54) is 0 Å². The lowest BCUT2D eigenvalue weighted by Crippen LogP contribution is -2.40. The van der Waals surface area contributed by atoms with Crippen LogP contribution in [0.4, 0.5) is 0 Å². The van der Waals surface area contributed by atoms with Crippen LogP contribution >= 0.6 is 0 Å². The van der Waals surface area contributed by atoms with Gasteiger partial charge in [0.25, 0.3) is 0 Å². The molecule has 0 rings (SSSR count). The molecule has 1 atom stereocenters.